The van der Waals surface area contributed by atoms with E-state index in [2.05, 4.69) is 26.2 Å². The Balaban J connectivity index is 2.09. The second kappa shape index (κ2) is 6.75. The Hall–Kier alpha value is -1.56. The summed E-state index contributed by atoms with van der Waals surface area (Å²) in [5.74, 6) is -0.263. The highest BCUT2D eigenvalue weighted by Gasteiger charge is 2.20. The summed E-state index contributed by atoms with van der Waals surface area (Å²) in [4.78, 5) is 17.4. The zero-order valence-electron chi connectivity index (χ0n) is 13.0. The van der Waals surface area contributed by atoms with Crippen LogP contribution in [0.3, 0.4) is 0 Å². The number of nitrogens with one attached hydrogen (secondary N) is 1. The van der Waals surface area contributed by atoms with Gasteiger partial charge >= 0.3 is 0 Å². The highest BCUT2D eigenvalue weighted by Crippen LogP contribution is 2.27. The van der Waals surface area contributed by atoms with Gasteiger partial charge < -0.3 is 5.32 Å². The fourth-order valence-corrected chi connectivity index (χ4v) is 3.63. The molecule has 0 bridgehead atoms. The third kappa shape index (κ3) is 3.16. The maximum absolute atomic E-state index is 12.8. The molecule has 0 aliphatic rings. The monoisotopic (exact) mass is 425 g/mol. The van der Waals surface area contributed by atoms with Crippen LogP contribution in [-0.4, -0.2) is 15.3 Å². The predicted molar refractivity (Wildman–Crippen MR) is 101 cm³/mol. The van der Waals surface area contributed by atoms with E-state index in [0.29, 0.717) is 33.5 Å². The summed E-state index contributed by atoms with van der Waals surface area (Å²) < 4.78 is 2.65. The van der Waals surface area contributed by atoms with Crippen molar-refractivity contribution in [2.24, 2.45) is 0 Å². The van der Waals surface area contributed by atoms with Crippen molar-refractivity contribution in [3.8, 4) is 0 Å². The standard InChI is InChI=1S/C17H14BrCl2N3O/c1-3-13-15(23-8-9(2)6-11(18)16(23)21-13)17(24)22-14-5-4-10(19)7-12(14)20/h4-8H,3H2,1-2H3,(H,22,24). The Morgan fingerprint density at radius 1 is 1.33 bits per heavy atom. The number of imidazole rings is 1. The van der Waals surface area contributed by atoms with Crippen molar-refractivity contribution in [1.29, 1.82) is 0 Å². The minimum absolute atomic E-state index is 0.263. The summed E-state index contributed by atoms with van der Waals surface area (Å²) in [6.45, 7) is 3.93. The topological polar surface area (TPSA) is 46.4 Å². The molecule has 3 rings (SSSR count). The predicted octanol–water partition coefficient (Wildman–Crippen LogP) is 5.53. The highest BCUT2D eigenvalue weighted by molar-refractivity contribution is 9.10. The second-order valence-corrected chi connectivity index (χ2v) is 7.10. The van der Waals surface area contributed by atoms with Crippen LogP contribution in [0.25, 0.3) is 5.65 Å². The molecule has 0 unspecified atom stereocenters. The number of hydrogen-bond donors (Lipinski definition) is 1. The molecule has 0 aliphatic heterocycles. The van der Waals surface area contributed by atoms with Crippen molar-refractivity contribution < 1.29 is 4.79 Å². The maximum atomic E-state index is 12.8. The third-order valence-corrected chi connectivity index (χ3v) is 4.74. The van der Waals surface area contributed by atoms with Crippen molar-refractivity contribution in [1.82, 2.24) is 9.38 Å². The summed E-state index contributed by atoms with van der Waals surface area (Å²) in [7, 11) is 0. The molecule has 0 radical (unpaired) electrons. The van der Waals surface area contributed by atoms with Gasteiger partial charge in [0.2, 0.25) is 0 Å². The molecule has 1 aromatic carbocycles. The van der Waals surface area contributed by atoms with Gasteiger partial charge in [-0.05, 0) is 59.1 Å². The van der Waals surface area contributed by atoms with Gasteiger partial charge in [-0.1, -0.05) is 30.1 Å². The molecule has 2 aromatic heterocycles. The van der Waals surface area contributed by atoms with E-state index < -0.39 is 0 Å². The minimum Gasteiger partial charge on any atom is -0.319 e. The van der Waals surface area contributed by atoms with Crippen LogP contribution in [0.4, 0.5) is 5.69 Å². The largest absolute Gasteiger partial charge is 0.319 e. The van der Waals surface area contributed by atoms with Crippen LogP contribution in [0, 0.1) is 6.92 Å². The first-order chi connectivity index (χ1) is 11.4. The van der Waals surface area contributed by atoms with E-state index in [1.54, 1.807) is 22.6 Å². The van der Waals surface area contributed by atoms with Gasteiger partial charge in [-0.15, -0.1) is 0 Å². The van der Waals surface area contributed by atoms with Gasteiger partial charge in [0.15, 0.2) is 5.65 Å². The van der Waals surface area contributed by atoms with Crippen LogP contribution in [0.5, 0.6) is 0 Å². The molecule has 3 aromatic rings. The fourth-order valence-electron chi connectivity index (χ4n) is 2.54. The lowest BCUT2D eigenvalue weighted by Crippen LogP contribution is -2.16. The molecule has 2 heterocycles. The summed E-state index contributed by atoms with van der Waals surface area (Å²) in [5.41, 5.74) is 3.47. The van der Waals surface area contributed by atoms with Crippen molar-refractivity contribution in [2.45, 2.75) is 20.3 Å². The van der Waals surface area contributed by atoms with Gasteiger partial charge in [-0.25, -0.2) is 4.98 Å². The van der Waals surface area contributed by atoms with Crippen molar-refractivity contribution in [3.63, 3.8) is 0 Å². The number of aromatic nitrogens is 2. The zero-order valence-corrected chi connectivity index (χ0v) is 16.1. The van der Waals surface area contributed by atoms with Crippen LogP contribution in [0.2, 0.25) is 10.0 Å². The molecule has 0 spiro atoms. The number of fused-ring (bicyclic) bond motifs is 1. The SMILES string of the molecule is CCc1nc2c(Br)cc(C)cn2c1C(=O)Nc1ccc(Cl)cc1Cl. The van der Waals surface area contributed by atoms with Crippen LogP contribution < -0.4 is 5.32 Å². The molecule has 7 heteroatoms. The Bertz CT molecular complexity index is 953. The van der Waals surface area contributed by atoms with E-state index in [1.807, 2.05) is 26.1 Å². The zero-order chi connectivity index (χ0) is 17.4. The highest BCUT2D eigenvalue weighted by atomic mass is 79.9. The van der Waals surface area contributed by atoms with Crippen molar-refractivity contribution >= 4 is 56.4 Å². The average molecular weight is 427 g/mol. The Labute approximate surface area is 157 Å². The molecule has 124 valence electrons. The van der Waals surface area contributed by atoms with Gasteiger partial charge in [-0.2, -0.15) is 0 Å². The van der Waals surface area contributed by atoms with Crippen LogP contribution >= 0.6 is 39.1 Å². The Kier molecular flexibility index (Phi) is 4.85. The Morgan fingerprint density at radius 3 is 2.75 bits per heavy atom. The lowest BCUT2D eigenvalue weighted by molar-refractivity contribution is 0.102. The summed E-state index contributed by atoms with van der Waals surface area (Å²) in [6.07, 6.45) is 2.54. The van der Waals surface area contributed by atoms with E-state index in [0.717, 1.165) is 15.7 Å². The summed E-state index contributed by atoms with van der Waals surface area (Å²) >= 11 is 15.6. The molecule has 0 atom stereocenters. The molecule has 0 aliphatic carbocycles. The number of benzene rings is 1. The molecule has 1 amide bonds. The van der Waals surface area contributed by atoms with Gasteiger partial charge in [0, 0.05) is 11.2 Å². The summed E-state index contributed by atoms with van der Waals surface area (Å²) in [6, 6.07) is 6.92. The number of aryl methyl sites for hydroxylation is 2. The van der Waals surface area contributed by atoms with E-state index >= 15 is 0 Å². The van der Waals surface area contributed by atoms with E-state index in [4.69, 9.17) is 23.2 Å². The number of amides is 1. The molecule has 0 saturated heterocycles. The second-order valence-electron chi connectivity index (χ2n) is 5.40. The van der Waals surface area contributed by atoms with Crippen LogP contribution in [-0.2, 0) is 6.42 Å². The van der Waals surface area contributed by atoms with Gasteiger partial charge in [-0.3, -0.25) is 9.20 Å². The number of nitrogens with zero attached hydrogens (tertiary/aromatic N) is 2. The van der Waals surface area contributed by atoms with E-state index in [9.17, 15) is 4.79 Å². The number of halogens is 3. The number of anilines is 1. The number of carbonyl (C=O) groups is 1. The van der Waals surface area contributed by atoms with Crippen LogP contribution in [0.1, 0.15) is 28.7 Å². The van der Waals surface area contributed by atoms with Crippen LogP contribution in [0.15, 0.2) is 34.9 Å². The normalized spacial score (nSPS) is 11.0. The first-order valence-electron chi connectivity index (χ1n) is 7.34. The molecular weight excluding hydrogens is 413 g/mol. The van der Waals surface area contributed by atoms with Gasteiger partial charge in [0.1, 0.15) is 5.69 Å². The number of rotatable bonds is 3. The number of carbonyl (C=O) groups excluding carboxylic acids is 1. The number of pyridine rings is 1. The molecule has 4 nitrogen and oxygen atoms in total. The minimum atomic E-state index is -0.263. The Morgan fingerprint density at radius 2 is 2.08 bits per heavy atom. The smallest absolute Gasteiger partial charge is 0.274 e. The first-order valence-corrected chi connectivity index (χ1v) is 8.89. The lowest BCUT2D eigenvalue weighted by Gasteiger charge is -2.09. The van der Waals surface area contributed by atoms with Crippen molar-refractivity contribution in [3.05, 3.63) is 61.9 Å². The van der Waals surface area contributed by atoms with Gasteiger partial charge in [0.05, 0.1) is 20.9 Å². The third-order valence-electron chi connectivity index (χ3n) is 3.61. The van der Waals surface area contributed by atoms with Crippen molar-refractivity contribution in [2.75, 3.05) is 5.32 Å². The molecule has 1 N–H and O–H groups in total. The maximum Gasteiger partial charge on any atom is 0.274 e. The van der Waals surface area contributed by atoms with Gasteiger partial charge in [0.25, 0.3) is 5.91 Å². The molecular formula is C17H14BrCl2N3O. The first kappa shape index (κ1) is 17.3. The summed E-state index contributed by atoms with van der Waals surface area (Å²) in [5, 5.41) is 3.74. The lowest BCUT2D eigenvalue weighted by atomic mass is 10.2. The molecule has 24 heavy (non-hydrogen) atoms. The fraction of sp³-hybridized carbons (Fsp3) is 0.176. The number of hydrogen-bond acceptors (Lipinski definition) is 2. The molecule has 0 fully saturated rings. The average Bonchev–Trinajstić information content (AvgIpc) is 2.88. The van der Waals surface area contributed by atoms with E-state index in [-0.39, 0.29) is 5.91 Å². The quantitative estimate of drug-likeness (QED) is 0.598. The molecule has 0 saturated carbocycles. The van der Waals surface area contributed by atoms with E-state index in [1.165, 1.54) is 0 Å².